The average molecular weight is 328 g/mol. The Kier molecular flexibility index (Phi) is 5.19. The maximum atomic E-state index is 13.0. The van der Waals surface area contributed by atoms with Gasteiger partial charge in [0.05, 0.1) is 5.69 Å². The third-order valence-electron chi connectivity index (χ3n) is 3.71. The lowest BCUT2D eigenvalue weighted by molar-refractivity contribution is 0.275. The zero-order valence-electron chi connectivity index (χ0n) is 12.1. The summed E-state index contributed by atoms with van der Waals surface area (Å²) in [4.78, 5) is 9.41. The van der Waals surface area contributed by atoms with Crippen LogP contribution in [0.1, 0.15) is 6.92 Å². The van der Waals surface area contributed by atoms with Gasteiger partial charge in [0, 0.05) is 36.6 Å². The maximum absolute atomic E-state index is 13.0. The summed E-state index contributed by atoms with van der Waals surface area (Å²) in [5.74, 6) is -0.211. The maximum Gasteiger partial charge on any atom is 0.186 e. The minimum atomic E-state index is -0.211. The molecule has 1 aromatic heterocycles. The Balaban J connectivity index is 0.00000161. The molecule has 3 nitrogen and oxygen atoms in total. The molecular weight excluding hydrogens is 309 g/mol. The highest BCUT2D eigenvalue weighted by Gasteiger charge is 2.23. The van der Waals surface area contributed by atoms with Gasteiger partial charge in [-0.05, 0) is 38.2 Å². The number of thiazole rings is 1. The monoisotopic (exact) mass is 327 g/mol. The number of hydrogen-bond acceptors (Lipinski definition) is 4. The first kappa shape index (κ1) is 16.2. The van der Waals surface area contributed by atoms with Crippen molar-refractivity contribution in [2.24, 2.45) is 0 Å². The first-order valence-electron chi connectivity index (χ1n) is 6.80. The van der Waals surface area contributed by atoms with Gasteiger partial charge in [-0.2, -0.15) is 0 Å². The fourth-order valence-electron chi connectivity index (χ4n) is 2.57. The summed E-state index contributed by atoms with van der Waals surface area (Å²) < 4.78 is 13.0. The van der Waals surface area contributed by atoms with Gasteiger partial charge >= 0.3 is 0 Å². The van der Waals surface area contributed by atoms with Crippen LogP contribution < -0.4 is 4.90 Å². The molecule has 0 radical (unpaired) electrons. The number of piperazine rings is 1. The molecule has 2 heterocycles. The predicted molar refractivity (Wildman–Crippen MR) is 89.1 cm³/mol. The molecule has 0 amide bonds. The lowest BCUT2D eigenvalue weighted by atomic mass is 10.2. The molecule has 21 heavy (non-hydrogen) atoms. The van der Waals surface area contributed by atoms with Crippen LogP contribution in [0.2, 0.25) is 0 Å². The zero-order valence-corrected chi connectivity index (χ0v) is 13.8. The average Bonchev–Trinajstić information content (AvgIpc) is 2.89. The Bertz CT molecular complexity index is 587. The molecule has 0 aliphatic carbocycles. The molecule has 0 N–H and O–H groups in total. The summed E-state index contributed by atoms with van der Waals surface area (Å²) >= 11 is 1.66. The van der Waals surface area contributed by atoms with Crippen LogP contribution in [0, 0.1) is 5.82 Å². The molecule has 3 rings (SSSR count). The SMILES string of the molecule is C[C@@H]1CN(C)CCN1c1nc(-c2ccc(F)cc2)cs1.Cl. The Morgan fingerprint density at radius 3 is 2.62 bits per heavy atom. The van der Waals surface area contributed by atoms with Gasteiger partial charge in [-0.3, -0.25) is 0 Å². The van der Waals surface area contributed by atoms with Gasteiger partial charge < -0.3 is 9.80 Å². The predicted octanol–water partition coefficient (Wildman–Crippen LogP) is 3.51. The highest BCUT2D eigenvalue weighted by Crippen LogP contribution is 2.29. The minimum Gasteiger partial charge on any atom is -0.343 e. The third kappa shape index (κ3) is 3.54. The van der Waals surface area contributed by atoms with E-state index in [1.54, 1.807) is 23.5 Å². The minimum absolute atomic E-state index is 0. The Morgan fingerprint density at radius 1 is 1.24 bits per heavy atom. The van der Waals surface area contributed by atoms with Gasteiger partial charge in [-0.15, -0.1) is 23.7 Å². The van der Waals surface area contributed by atoms with Gasteiger partial charge in [0.2, 0.25) is 0 Å². The van der Waals surface area contributed by atoms with Crippen LogP contribution in [0.5, 0.6) is 0 Å². The van der Waals surface area contributed by atoms with E-state index in [9.17, 15) is 4.39 Å². The summed E-state index contributed by atoms with van der Waals surface area (Å²) in [6.07, 6.45) is 0. The van der Waals surface area contributed by atoms with E-state index in [0.717, 1.165) is 36.0 Å². The first-order chi connectivity index (χ1) is 9.63. The highest BCUT2D eigenvalue weighted by molar-refractivity contribution is 7.14. The third-order valence-corrected chi connectivity index (χ3v) is 4.59. The quantitative estimate of drug-likeness (QED) is 0.841. The van der Waals surface area contributed by atoms with Crippen molar-refractivity contribution in [2.75, 3.05) is 31.6 Å². The van der Waals surface area contributed by atoms with Crippen LogP contribution in [-0.4, -0.2) is 42.6 Å². The van der Waals surface area contributed by atoms with Crippen molar-refractivity contribution in [3.05, 3.63) is 35.5 Å². The number of anilines is 1. The second-order valence-electron chi connectivity index (χ2n) is 5.33. The Morgan fingerprint density at radius 2 is 1.95 bits per heavy atom. The molecule has 1 atom stereocenters. The normalized spacial score (nSPS) is 19.4. The molecule has 1 aromatic carbocycles. The van der Waals surface area contributed by atoms with Crippen molar-refractivity contribution in [3.8, 4) is 11.3 Å². The van der Waals surface area contributed by atoms with E-state index in [1.807, 2.05) is 5.38 Å². The van der Waals surface area contributed by atoms with E-state index in [4.69, 9.17) is 4.98 Å². The largest absolute Gasteiger partial charge is 0.343 e. The molecule has 1 saturated heterocycles. The summed E-state index contributed by atoms with van der Waals surface area (Å²) in [6, 6.07) is 6.99. The summed E-state index contributed by atoms with van der Waals surface area (Å²) in [5, 5.41) is 3.11. The molecule has 0 unspecified atom stereocenters. The van der Waals surface area contributed by atoms with Crippen LogP contribution in [0.3, 0.4) is 0 Å². The van der Waals surface area contributed by atoms with E-state index in [1.165, 1.54) is 12.1 Å². The van der Waals surface area contributed by atoms with E-state index < -0.39 is 0 Å². The number of benzene rings is 1. The van der Waals surface area contributed by atoms with Crippen molar-refractivity contribution >= 4 is 28.9 Å². The van der Waals surface area contributed by atoms with E-state index in [2.05, 4.69) is 23.8 Å². The number of rotatable bonds is 2. The van der Waals surface area contributed by atoms with Crippen LogP contribution in [0.25, 0.3) is 11.3 Å². The molecule has 1 aliphatic heterocycles. The summed E-state index contributed by atoms with van der Waals surface area (Å²) in [6.45, 7) is 5.37. The first-order valence-corrected chi connectivity index (χ1v) is 7.68. The fraction of sp³-hybridized carbons (Fsp3) is 0.400. The second kappa shape index (κ2) is 6.73. The molecule has 1 aliphatic rings. The standard InChI is InChI=1S/C15H18FN3S.ClH/c1-11-9-18(2)7-8-19(11)15-17-14(10-20-15)12-3-5-13(16)6-4-12;/h3-6,10-11H,7-9H2,1-2H3;1H/t11-;/m1./s1. The van der Waals surface area contributed by atoms with Crippen LogP contribution in [0.15, 0.2) is 29.6 Å². The molecule has 0 spiro atoms. The second-order valence-corrected chi connectivity index (χ2v) is 6.16. The van der Waals surface area contributed by atoms with Gasteiger partial charge in [0.25, 0.3) is 0 Å². The van der Waals surface area contributed by atoms with Crippen LogP contribution >= 0.6 is 23.7 Å². The van der Waals surface area contributed by atoms with Crippen molar-refractivity contribution in [2.45, 2.75) is 13.0 Å². The number of hydrogen-bond donors (Lipinski definition) is 0. The van der Waals surface area contributed by atoms with E-state index >= 15 is 0 Å². The number of halogens is 2. The Labute approximate surface area is 134 Å². The van der Waals surface area contributed by atoms with Crippen molar-refractivity contribution in [1.82, 2.24) is 9.88 Å². The fourth-order valence-corrected chi connectivity index (χ4v) is 3.54. The molecule has 2 aromatic rings. The highest BCUT2D eigenvalue weighted by atomic mass is 35.5. The van der Waals surface area contributed by atoms with Crippen molar-refractivity contribution in [1.29, 1.82) is 0 Å². The van der Waals surface area contributed by atoms with Gasteiger partial charge in [-0.25, -0.2) is 9.37 Å². The van der Waals surface area contributed by atoms with Crippen LogP contribution in [0.4, 0.5) is 9.52 Å². The molecule has 6 heteroatoms. The van der Waals surface area contributed by atoms with Gasteiger partial charge in [-0.1, -0.05) is 0 Å². The zero-order chi connectivity index (χ0) is 14.1. The molecule has 1 fully saturated rings. The van der Waals surface area contributed by atoms with Gasteiger partial charge in [0.1, 0.15) is 5.82 Å². The number of nitrogens with zero attached hydrogens (tertiary/aromatic N) is 3. The summed E-state index contributed by atoms with van der Waals surface area (Å²) in [5.41, 5.74) is 1.90. The summed E-state index contributed by atoms with van der Waals surface area (Å²) in [7, 11) is 2.15. The number of aromatic nitrogens is 1. The lowest BCUT2D eigenvalue weighted by Gasteiger charge is -2.38. The van der Waals surface area contributed by atoms with Gasteiger partial charge in [0.15, 0.2) is 5.13 Å². The van der Waals surface area contributed by atoms with E-state index in [-0.39, 0.29) is 18.2 Å². The molecule has 0 bridgehead atoms. The van der Waals surface area contributed by atoms with Crippen LogP contribution in [-0.2, 0) is 0 Å². The number of likely N-dealkylation sites (N-methyl/N-ethyl adjacent to an activating group) is 1. The molecule has 114 valence electrons. The van der Waals surface area contributed by atoms with E-state index in [0.29, 0.717) is 6.04 Å². The lowest BCUT2D eigenvalue weighted by Crippen LogP contribution is -2.50. The molecule has 0 saturated carbocycles. The molecular formula is C15H19ClFN3S. The Hall–Kier alpha value is -1.17. The smallest absolute Gasteiger partial charge is 0.186 e. The van der Waals surface area contributed by atoms with Crippen molar-refractivity contribution in [3.63, 3.8) is 0 Å². The topological polar surface area (TPSA) is 19.4 Å². The van der Waals surface area contributed by atoms with Crippen molar-refractivity contribution < 1.29 is 4.39 Å².